The van der Waals surface area contributed by atoms with Gasteiger partial charge in [0.25, 0.3) is 0 Å². The van der Waals surface area contributed by atoms with Crippen molar-refractivity contribution in [3.8, 4) is 0 Å². The second-order valence-electron chi connectivity index (χ2n) is 2.93. The van der Waals surface area contributed by atoms with Crippen LogP contribution in [0.25, 0.3) is 0 Å². The van der Waals surface area contributed by atoms with Crippen LogP contribution in [0.15, 0.2) is 0 Å². The molecule has 2 unspecified atom stereocenters. The van der Waals surface area contributed by atoms with Crippen molar-refractivity contribution >= 4 is 15.6 Å². The molecular formula is C5H12O7P2. The fourth-order valence-electron chi connectivity index (χ4n) is 1.17. The minimum absolute atomic E-state index is 0.500. The molecule has 5 atom stereocenters. The third-order valence-corrected chi connectivity index (χ3v) is 4.68. The second kappa shape index (κ2) is 4.51. The van der Waals surface area contributed by atoms with Crippen molar-refractivity contribution in [2.24, 2.45) is 0 Å². The highest BCUT2D eigenvalue weighted by molar-refractivity contribution is 8.19. The lowest BCUT2D eigenvalue weighted by atomic mass is 10.2. The molecule has 1 aliphatic rings. The Bertz CT molecular complexity index is 240. The Morgan fingerprint density at radius 1 is 1.29 bits per heavy atom. The summed E-state index contributed by atoms with van der Waals surface area (Å²) in [5, 5.41) is 27.2. The number of rotatable bonds is 3. The molecule has 0 aromatic rings. The maximum absolute atomic E-state index is 10.6. The predicted molar refractivity (Wildman–Crippen MR) is 48.1 cm³/mol. The Balaban J connectivity index is 2.61. The number of hydrogen-bond donors (Lipinski definition) is 5. The first kappa shape index (κ1) is 12.5. The smallest absolute Gasteiger partial charge is 0.343 e. The zero-order valence-corrected chi connectivity index (χ0v) is 8.91. The lowest BCUT2D eigenvalue weighted by Crippen LogP contribution is -2.32. The van der Waals surface area contributed by atoms with Crippen LogP contribution in [0, 0.1) is 0 Å². The zero-order valence-electron chi connectivity index (χ0n) is 7.02. The first-order chi connectivity index (χ1) is 6.35. The fourth-order valence-corrected chi connectivity index (χ4v) is 3.72. The molecule has 7 nitrogen and oxygen atoms in total. The summed E-state index contributed by atoms with van der Waals surface area (Å²) in [5.74, 6) is -1.11. The summed E-state index contributed by atoms with van der Waals surface area (Å²) in [4.78, 5) is 17.3. The standard InChI is InChI=1S/C5H12O7P2/c6-1-2-3(7)4(8)5(12-2)13-14(9,10)11/h2-8,13H,1H2,(H2,9,10,11)/t2-,3-,4-,5?/m1/s1. The van der Waals surface area contributed by atoms with Gasteiger partial charge in [-0.1, -0.05) is 0 Å². The van der Waals surface area contributed by atoms with Gasteiger partial charge in [0.15, 0.2) is 0 Å². The topological polar surface area (TPSA) is 127 Å². The third kappa shape index (κ3) is 2.95. The molecule has 1 aliphatic heterocycles. The van der Waals surface area contributed by atoms with Gasteiger partial charge >= 0.3 is 7.28 Å². The highest BCUT2D eigenvalue weighted by Crippen LogP contribution is 2.60. The number of aliphatic hydroxyl groups excluding tert-OH is 3. The van der Waals surface area contributed by atoms with E-state index >= 15 is 0 Å². The molecule has 1 saturated heterocycles. The van der Waals surface area contributed by atoms with Crippen molar-refractivity contribution in [2.75, 3.05) is 6.61 Å². The van der Waals surface area contributed by atoms with Crippen LogP contribution in [-0.2, 0) is 9.30 Å². The van der Waals surface area contributed by atoms with Crippen molar-refractivity contribution in [1.82, 2.24) is 0 Å². The van der Waals surface area contributed by atoms with Gasteiger partial charge in [-0.25, -0.2) is 0 Å². The summed E-state index contributed by atoms with van der Waals surface area (Å²) < 4.78 is 15.5. The van der Waals surface area contributed by atoms with Crippen LogP contribution in [0.1, 0.15) is 0 Å². The molecule has 84 valence electrons. The van der Waals surface area contributed by atoms with Crippen molar-refractivity contribution in [1.29, 1.82) is 0 Å². The van der Waals surface area contributed by atoms with Crippen molar-refractivity contribution in [3.05, 3.63) is 0 Å². The van der Waals surface area contributed by atoms with E-state index in [1.807, 2.05) is 0 Å². The van der Waals surface area contributed by atoms with Crippen LogP contribution in [0.4, 0.5) is 0 Å². The van der Waals surface area contributed by atoms with Gasteiger partial charge in [0, 0.05) is 8.27 Å². The van der Waals surface area contributed by atoms with Gasteiger partial charge in [0.2, 0.25) is 0 Å². The van der Waals surface area contributed by atoms with E-state index in [1.165, 1.54) is 0 Å². The molecule has 0 aromatic carbocycles. The average molecular weight is 246 g/mol. The molecule has 0 spiro atoms. The summed E-state index contributed by atoms with van der Waals surface area (Å²) in [7, 11) is -5.19. The van der Waals surface area contributed by atoms with Crippen molar-refractivity contribution < 1.29 is 34.4 Å². The first-order valence-electron chi connectivity index (χ1n) is 3.81. The molecule has 1 rings (SSSR count). The summed E-state index contributed by atoms with van der Waals surface area (Å²) >= 11 is 0. The Kier molecular flexibility index (Phi) is 4.03. The minimum atomic E-state index is -4.27. The van der Waals surface area contributed by atoms with E-state index in [2.05, 4.69) is 0 Å². The number of hydrogen-bond acceptors (Lipinski definition) is 5. The lowest BCUT2D eigenvalue weighted by Gasteiger charge is -2.14. The normalized spacial score (nSPS) is 39.8. The van der Waals surface area contributed by atoms with E-state index in [0.29, 0.717) is 0 Å². The fraction of sp³-hybridized carbons (Fsp3) is 1.00. The third-order valence-electron chi connectivity index (χ3n) is 1.84. The van der Waals surface area contributed by atoms with Crippen LogP contribution in [0.5, 0.6) is 0 Å². The summed E-state index contributed by atoms with van der Waals surface area (Å²) in [6.45, 7) is -0.500. The highest BCUT2D eigenvalue weighted by Gasteiger charge is 2.44. The Labute approximate surface area is 81.6 Å². The van der Waals surface area contributed by atoms with Gasteiger partial charge in [0.05, 0.1) is 6.61 Å². The Morgan fingerprint density at radius 3 is 2.21 bits per heavy atom. The van der Waals surface area contributed by atoms with E-state index in [1.54, 1.807) is 0 Å². The van der Waals surface area contributed by atoms with E-state index in [4.69, 9.17) is 19.6 Å². The lowest BCUT2D eigenvalue weighted by molar-refractivity contribution is -0.00828. The number of ether oxygens (including phenoxy) is 1. The van der Waals surface area contributed by atoms with Gasteiger partial charge in [-0.3, -0.25) is 4.57 Å². The van der Waals surface area contributed by atoms with E-state index in [-0.39, 0.29) is 0 Å². The summed E-state index contributed by atoms with van der Waals surface area (Å²) in [5.41, 5.74) is 0. The average Bonchev–Trinajstić information content (AvgIpc) is 2.30. The van der Waals surface area contributed by atoms with Crippen LogP contribution in [0.2, 0.25) is 0 Å². The van der Waals surface area contributed by atoms with Crippen LogP contribution < -0.4 is 0 Å². The molecule has 1 fully saturated rings. The largest absolute Gasteiger partial charge is 0.394 e. The van der Waals surface area contributed by atoms with Gasteiger partial charge < -0.3 is 29.8 Å². The molecule has 0 amide bonds. The quantitative estimate of drug-likeness (QED) is 0.371. The van der Waals surface area contributed by atoms with Gasteiger partial charge in [-0.2, -0.15) is 0 Å². The molecule has 0 aromatic heterocycles. The monoisotopic (exact) mass is 246 g/mol. The van der Waals surface area contributed by atoms with Crippen LogP contribution in [-0.4, -0.2) is 55.9 Å². The first-order valence-corrected chi connectivity index (χ1v) is 7.34. The molecule has 0 radical (unpaired) electrons. The van der Waals surface area contributed by atoms with E-state index in [9.17, 15) is 14.8 Å². The molecule has 0 saturated carbocycles. The highest BCUT2D eigenvalue weighted by atomic mass is 32.1. The molecule has 0 bridgehead atoms. The Morgan fingerprint density at radius 2 is 1.86 bits per heavy atom. The molecule has 0 aliphatic carbocycles. The predicted octanol–water partition coefficient (Wildman–Crippen LogP) is -1.80. The SMILES string of the molecule is O=P(O)(O)PC1O[C@H](CO)[C@@H](O)[C@H]1O. The Hall–Kier alpha value is 0.420. The molecule has 9 heteroatoms. The van der Waals surface area contributed by atoms with Gasteiger partial charge in [-0.15, -0.1) is 0 Å². The van der Waals surface area contributed by atoms with E-state index in [0.717, 1.165) is 0 Å². The minimum Gasteiger partial charge on any atom is -0.394 e. The zero-order chi connectivity index (χ0) is 10.9. The van der Waals surface area contributed by atoms with Crippen molar-refractivity contribution in [2.45, 2.75) is 24.2 Å². The molecule has 5 N–H and O–H groups in total. The van der Waals surface area contributed by atoms with E-state index < -0.39 is 46.3 Å². The molecular weight excluding hydrogens is 234 g/mol. The van der Waals surface area contributed by atoms with Crippen LogP contribution >= 0.6 is 15.6 Å². The summed E-state index contributed by atoms with van der Waals surface area (Å²) in [6, 6.07) is 0. The van der Waals surface area contributed by atoms with Gasteiger partial charge in [-0.05, 0) is 0 Å². The van der Waals surface area contributed by atoms with Crippen molar-refractivity contribution in [3.63, 3.8) is 0 Å². The molecule has 1 heterocycles. The second-order valence-corrected chi connectivity index (χ2v) is 7.37. The maximum Gasteiger partial charge on any atom is 0.343 e. The number of aliphatic hydroxyl groups is 3. The summed E-state index contributed by atoms with van der Waals surface area (Å²) in [6.07, 6.45) is -3.64. The maximum atomic E-state index is 10.6. The van der Waals surface area contributed by atoms with Crippen LogP contribution in [0.3, 0.4) is 0 Å². The van der Waals surface area contributed by atoms with Gasteiger partial charge in [0.1, 0.15) is 24.2 Å². The molecule has 14 heavy (non-hydrogen) atoms.